The summed E-state index contributed by atoms with van der Waals surface area (Å²) < 4.78 is 0. The van der Waals surface area contributed by atoms with Crippen molar-refractivity contribution in [3.63, 3.8) is 0 Å². The van der Waals surface area contributed by atoms with Gasteiger partial charge in [-0.2, -0.15) is 10.5 Å². The molecule has 8 heteroatoms. The highest BCUT2D eigenvalue weighted by Crippen LogP contribution is 2.18. The number of thiocyanates is 2. The van der Waals surface area contributed by atoms with Crippen LogP contribution in [0.5, 0.6) is 0 Å². The first-order valence-corrected chi connectivity index (χ1v) is 36.0. The Labute approximate surface area is 611 Å². The summed E-state index contributed by atoms with van der Waals surface area (Å²) in [5.74, 6) is 1.68. The smallest absolute Gasteiger partial charge is 0.187 e. The summed E-state index contributed by atoms with van der Waals surface area (Å²) in [5.41, 5.74) is 25.7. The molecule has 0 spiro atoms. The third-order valence-corrected chi connectivity index (χ3v) is 16.3. The molecule has 0 amide bonds. The Bertz CT molecular complexity index is 4090. The molecule has 0 atom stereocenters. The summed E-state index contributed by atoms with van der Waals surface area (Å²) in [6, 6.07) is 100. The summed E-state index contributed by atoms with van der Waals surface area (Å²) in [6.45, 7) is 29.4. The molecule has 0 bridgehead atoms. The molecular weight excluding hydrogens is 1250 g/mol. The van der Waals surface area contributed by atoms with Crippen molar-refractivity contribution in [3.8, 4) is 10.8 Å². The van der Waals surface area contributed by atoms with Crippen LogP contribution in [0.2, 0.25) is 0 Å². The van der Waals surface area contributed by atoms with Crippen molar-refractivity contribution in [3.05, 3.63) is 380 Å². The molecule has 0 radical (unpaired) electrons. The highest BCUT2D eigenvalue weighted by molar-refractivity contribution is 8.03. The van der Waals surface area contributed by atoms with Crippen molar-refractivity contribution < 1.29 is 0 Å². The van der Waals surface area contributed by atoms with Crippen LogP contribution < -0.4 is 10.6 Å². The second-order valence-electron chi connectivity index (χ2n) is 24.5. The number of aryl methyl sites for hydroxylation is 11. The zero-order chi connectivity index (χ0) is 73.1. The second kappa shape index (κ2) is 51.3. The number of hydrogen-bond donors (Lipinski definition) is 1. The van der Waals surface area contributed by atoms with Crippen molar-refractivity contribution >= 4 is 56.4 Å². The molecule has 0 heterocycles. The zero-order valence-corrected chi connectivity index (χ0v) is 63.4. The molecular formula is C92H106N6S2. The van der Waals surface area contributed by atoms with Gasteiger partial charge in [0.1, 0.15) is 10.8 Å². The zero-order valence-electron chi connectivity index (χ0n) is 61.8. The van der Waals surface area contributed by atoms with E-state index in [-0.39, 0.29) is 0 Å². The van der Waals surface area contributed by atoms with Gasteiger partial charge >= 0.3 is 0 Å². The van der Waals surface area contributed by atoms with Gasteiger partial charge in [-0.1, -0.05) is 332 Å². The van der Waals surface area contributed by atoms with Gasteiger partial charge in [0.05, 0.1) is 6.57 Å². The van der Waals surface area contributed by atoms with E-state index in [0.29, 0.717) is 12.2 Å². The average molecular weight is 1360 g/mol. The van der Waals surface area contributed by atoms with Crippen LogP contribution in [0.15, 0.2) is 291 Å². The Morgan fingerprint density at radius 3 is 1.20 bits per heavy atom. The van der Waals surface area contributed by atoms with Gasteiger partial charge in [0, 0.05) is 44.4 Å². The minimum atomic E-state index is 0.639. The Hall–Kier alpha value is -9.95. The summed E-state index contributed by atoms with van der Waals surface area (Å²) in [6.07, 6.45) is 3.26. The van der Waals surface area contributed by atoms with E-state index in [2.05, 4.69) is 315 Å². The third kappa shape index (κ3) is 38.3. The Morgan fingerprint density at radius 1 is 0.380 bits per heavy atom. The molecule has 6 nitrogen and oxygen atoms in total. The first-order valence-electron chi connectivity index (χ1n) is 34.0. The Balaban J connectivity index is 0.000000289. The lowest BCUT2D eigenvalue weighted by molar-refractivity contribution is 0.402. The SMILES string of the molecule is CCc1ccc(C)cc1.CCc1ccc(C)cc1.Cc1ccc(CN(C)C)cc1.Cc1ccc(CN)cc1.Cc1ccc(N(C)C)cc1.Cc1ccc2ccccc2c1.Cc1cccc2ccccc12.N#CSCCc1ccccc1.N#CSCc1ccccc1.[C-]#[N+]c1ccc(C)cc1. The van der Waals surface area contributed by atoms with Crippen molar-refractivity contribution in [2.45, 2.75) is 107 Å². The van der Waals surface area contributed by atoms with Crippen molar-refractivity contribution in [1.29, 1.82) is 10.5 Å². The lowest BCUT2D eigenvalue weighted by Crippen LogP contribution is -2.10. The lowest BCUT2D eigenvalue weighted by Gasteiger charge is -2.11. The molecule has 0 unspecified atom stereocenters. The number of fused-ring (bicyclic) bond motifs is 2. The maximum atomic E-state index is 8.26. The fourth-order valence-electron chi connectivity index (χ4n) is 9.14. The number of nitrogens with two attached hydrogens (primary N) is 1. The number of hydrogen-bond acceptors (Lipinski definition) is 7. The van der Waals surface area contributed by atoms with Gasteiger partial charge < -0.3 is 15.5 Å². The molecule has 516 valence electrons. The van der Waals surface area contributed by atoms with Crippen LogP contribution in [0.1, 0.15) is 91.7 Å². The molecule has 0 saturated carbocycles. The third-order valence-electron chi connectivity index (χ3n) is 15.2. The second-order valence-corrected chi connectivity index (χ2v) is 26.1. The minimum Gasteiger partial charge on any atom is -0.378 e. The van der Waals surface area contributed by atoms with Crippen LogP contribution in [-0.2, 0) is 38.1 Å². The van der Waals surface area contributed by atoms with Gasteiger partial charge in [0.15, 0.2) is 5.69 Å². The fourth-order valence-corrected chi connectivity index (χ4v) is 9.99. The van der Waals surface area contributed by atoms with Gasteiger partial charge in [0.25, 0.3) is 0 Å². The van der Waals surface area contributed by atoms with Gasteiger partial charge in [-0.15, -0.1) is 0 Å². The quantitative estimate of drug-likeness (QED) is 0.0784. The van der Waals surface area contributed by atoms with E-state index in [1.807, 2.05) is 99.2 Å². The molecule has 0 aliphatic carbocycles. The molecule has 0 fully saturated rings. The number of rotatable bonds is 11. The fraction of sp³-hybridized carbons (Fsp3) is 0.228. The van der Waals surface area contributed by atoms with Crippen LogP contribution in [0.25, 0.3) is 26.4 Å². The van der Waals surface area contributed by atoms with Crippen molar-refractivity contribution in [2.24, 2.45) is 5.73 Å². The van der Waals surface area contributed by atoms with Crippen LogP contribution >= 0.6 is 23.5 Å². The van der Waals surface area contributed by atoms with E-state index in [4.69, 9.17) is 22.8 Å². The number of anilines is 1. The first-order chi connectivity index (χ1) is 48.3. The summed E-state index contributed by atoms with van der Waals surface area (Å²) >= 11 is 2.58. The number of thioether (sulfide) groups is 2. The molecule has 0 saturated heterocycles. The lowest BCUT2D eigenvalue weighted by atomic mass is 10.1. The molecule has 0 aliphatic heterocycles. The van der Waals surface area contributed by atoms with Crippen LogP contribution in [0.4, 0.5) is 11.4 Å². The van der Waals surface area contributed by atoms with Crippen LogP contribution in [0, 0.1) is 83.3 Å². The summed E-state index contributed by atoms with van der Waals surface area (Å²) in [5, 5.41) is 25.9. The predicted molar refractivity (Wildman–Crippen MR) is 441 cm³/mol. The van der Waals surface area contributed by atoms with Crippen LogP contribution in [-0.4, -0.2) is 38.8 Å². The maximum absolute atomic E-state index is 8.26. The molecule has 12 rings (SSSR count). The maximum Gasteiger partial charge on any atom is 0.187 e. The minimum absolute atomic E-state index is 0.639. The van der Waals surface area contributed by atoms with Crippen molar-refractivity contribution in [1.82, 2.24) is 4.90 Å². The number of benzene rings is 12. The largest absolute Gasteiger partial charge is 0.378 e. The molecule has 100 heavy (non-hydrogen) atoms. The normalized spacial score (nSPS) is 9.57. The molecule has 0 aliphatic rings. The highest BCUT2D eigenvalue weighted by atomic mass is 32.2. The number of nitrogens with zero attached hydrogens (tertiary/aromatic N) is 5. The Kier molecular flexibility index (Phi) is 43.2. The first kappa shape index (κ1) is 84.3. The molecule has 0 aromatic heterocycles. The van der Waals surface area contributed by atoms with E-state index in [9.17, 15) is 0 Å². The van der Waals surface area contributed by atoms with E-state index >= 15 is 0 Å². The highest BCUT2D eigenvalue weighted by Gasteiger charge is 1.97. The van der Waals surface area contributed by atoms with Gasteiger partial charge in [-0.3, -0.25) is 0 Å². The molecule has 12 aromatic rings. The topological polar surface area (TPSA) is 84.4 Å². The van der Waals surface area contributed by atoms with E-state index in [1.165, 1.54) is 129 Å². The summed E-state index contributed by atoms with van der Waals surface area (Å²) in [7, 11) is 8.26. The average Bonchev–Trinajstić information content (AvgIpc) is 0.855. The summed E-state index contributed by atoms with van der Waals surface area (Å²) in [4.78, 5) is 7.53. The number of nitriles is 2. The molecule has 12 aromatic carbocycles. The van der Waals surface area contributed by atoms with E-state index < -0.39 is 0 Å². The molecule has 2 N–H and O–H groups in total. The van der Waals surface area contributed by atoms with Crippen molar-refractivity contribution in [2.75, 3.05) is 38.8 Å². The van der Waals surface area contributed by atoms with Gasteiger partial charge in [-0.25, -0.2) is 4.85 Å². The van der Waals surface area contributed by atoms with Gasteiger partial charge in [-0.05, 0) is 185 Å². The van der Waals surface area contributed by atoms with E-state index in [0.717, 1.165) is 37.3 Å². The van der Waals surface area contributed by atoms with Crippen LogP contribution in [0.3, 0.4) is 0 Å². The van der Waals surface area contributed by atoms with Gasteiger partial charge in [0.2, 0.25) is 0 Å². The Morgan fingerprint density at radius 2 is 0.770 bits per heavy atom. The van der Waals surface area contributed by atoms with E-state index in [1.54, 1.807) is 0 Å². The standard InChI is InChI=1S/2C11H10.C10H15N.C9H9NS.C9H13N.2C9H12.C8H7NS.C8H7N.C8H11N/c1-9-5-4-7-10-6-2-3-8-11(9)10;1-9-6-7-10-4-2-3-5-11(10)8-9;1-9-4-6-10(7-5-9)8-11(2)3;10-8-11-7-6-9-4-2-1-3-5-9;1-8-4-6-9(7-5-8)10(2)3;2*1-3-9-6-4-8(2)5-7-9;9-7-10-6-8-4-2-1-3-5-8;1-7-3-5-8(9-2)6-4-7;1-7-2-4-8(6-9)5-3-7/h2*2-8H,1H3;4-7H,8H2,1-3H3;1-5H,6-7H2;4-7H,1-3H3;2*4-7H,3H2,1-2H3;1-5H,6H2;3-6H,1H3;2-5H,6,9H2,1H3. The predicted octanol–water partition coefficient (Wildman–Crippen LogP) is 24.4. The monoisotopic (exact) mass is 1360 g/mol.